The van der Waals surface area contributed by atoms with Gasteiger partial charge in [-0.05, 0) is 6.08 Å². The molecule has 3 N–H and O–H groups in total. The molecule has 0 bridgehead atoms. The monoisotopic (exact) mass is 458 g/mol. The summed E-state index contributed by atoms with van der Waals surface area (Å²) in [5.74, 6) is -3.69. The molecule has 11 nitrogen and oxygen atoms in total. The Morgan fingerprint density at radius 3 is 2.55 bits per heavy atom. The van der Waals surface area contributed by atoms with E-state index in [9.17, 15) is 28.8 Å². The lowest BCUT2D eigenvalue weighted by Gasteiger charge is -2.32. The van der Waals surface area contributed by atoms with Crippen LogP contribution in [0.25, 0.3) is 0 Å². The van der Waals surface area contributed by atoms with Crippen molar-refractivity contribution in [3.63, 3.8) is 0 Å². The summed E-state index contributed by atoms with van der Waals surface area (Å²) in [7, 11) is 0. The minimum absolute atomic E-state index is 0.0423. The van der Waals surface area contributed by atoms with Gasteiger partial charge in [0.2, 0.25) is 11.0 Å². The van der Waals surface area contributed by atoms with E-state index < -0.39 is 53.3 Å². The van der Waals surface area contributed by atoms with Crippen LogP contribution in [-0.4, -0.2) is 71.5 Å². The molecule has 0 aromatic carbocycles. The van der Waals surface area contributed by atoms with Crippen molar-refractivity contribution in [1.82, 2.24) is 10.6 Å². The number of cyclic esters (lactones) is 1. The largest absolute Gasteiger partial charge is 0.481 e. The second kappa shape index (κ2) is 12.7. The van der Waals surface area contributed by atoms with E-state index in [1.807, 2.05) is 0 Å². The Bertz CT molecular complexity index is 749. The van der Waals surface area contributed by atoms with Crippen LogP contribution in [0, 0.1) is 5.41 Å². The predicted octanol–water partition coefficient (Wildman–Crippen LogP) is -0.215. The zero-order chi connectivity index (χ0) is 23.4. The molecule has 0 saturated heterocycles. The molecule has 2 amide bonds. The quantitative estimate of drug-likeness (QED) is 0.480. The maximum atomic E-state index is 12.6. The molecule has 12 heteroatoms. The van der Waals surface area contributed by atoms with E-state index in [0.29, 0.717) is 5.75 Å². The molecule has 1 aliphatic heterocycles. The summed E-state index contributed by atoms with van der Waals surface area (Å²) in [6.07, 6.45) is -0.397. The average molecular weight is 458 g/mol. The summed E-state index contributed by atoms with van der Waals surface area (Å²) in [5, 5.41) is 13.4. The highest BCUT2D eigenvalue weighted by Crippen LogP contribution is 2.25. The van der Waals surface area contributed by atoms with Crippen molar-refractivity contribution >= 4 is 46.6 Å². The first-order chi connectivity index (χ1) is 14.5. The van der Waals surface area contributed by atoms with Crippen LogP contribution in [0.15, 0.2) is 12.2 Å². The molecule has 0 fully saturated rings. The first-order valence-corrected chi connectivity index (χ1v) is 10.5. The van der Waals surface area contributed by atoms with E-state index in [1.165, 1.54) is 13.8 Å². The Morgan fingerprint density at radius 2 is 1.87 bits per heavy atom. The van der Waals surface area contributed by atoms with Crippen molar-refractivity contribution in [3.05, 3.63) is 12.2 Å². The van der Waals surface area contributed by atoms with Gasteiger partial charge in [-0.3, -0.25) is 24.0 Å². The van der Waals surface area contributed by atoms with Gasteiger partial charge in [0, 0.05) is 36.8 Å². The number of carbonyl (C=O) groups is 6. The Morgan fingerprint density at radius 1 is 1.16 bits per heavy atom. The van der Waals surface area contributed by atoms with E-state index in [0.717, 1.165) is 23.9 Å². The number of carboxylic acid groups (broad SMARTS) is 1. The molecule has 0 spiro atoms. The SMILES string of the molecule is CC1(C)COC(=O)/C=C/C(=O)SCCNC(=O)CCNC(=O)[C@@H]1OC(=O)CCC(=O)O. The fourth-order valence-corrected chi connectivity index (χ4v) is 2.92. The molecule has 0 saturated carbocycles. The second-order valence-corrected chi connectivity index (χ2v) is 8.35. The van der Waals surface area contributed by atoms with Crippen molar-refractivity contribution in [1.29, 1.82) is 0 Å². The van der Waals surface area contributed by atoms with Crippen LogP contribution in [0.3, 0.4) is 0 Å². The highest BCUT2D eigenvalue weighted by molar-refractivity contribution is 8.14. The van der Waals surface area contributed by atoms with E-state index in [2.05, 4.69) is 10.6 Å². The number of aliphatic carboxylic acids is 1. The number of rotatable bonds is 4. The van der Waals surface area contributed by atoms with Crippen molar-refractivity contribution < 1.29 is 43.3 Å². The van der Waals surface area contributed by atoms with Crippen LogP contribution in [0.5, 0.6) is 0 Å². The lowest BCUT2D eigenvalue weighted by atomic mass is 9.86. The summed E-state index contributed by atoms with van der Waals surface area (Å²) < 4.78 is 10.3. The standard InChI is InChI=1S/C19H26N2O9S/c1-19(2)11-29-14(25)5-6-16(27)31-10-9-20-12(22)7-8-21-18(28)17(19)30-15(26)4-3-13(23)24/h5-6,17H,3-4,7-11H2,1-2H3,(H,20,22)(H,21,28)(H,23,24)/b6-5+/t17-/m0/s1. The molecule has 0 unspecified atom stereocenters. The number of hydrogen-bond donors (Lipinski definition) is 3. The molecule has 0 aliphatic carbocycles. The van der Waals surface area contributed by atoms with Crippen LogP contribution in [0.1, 0.15) is 33.1 Å². The number of thioether (sulfide) groups is 1. The summed E-state index contributed by atoms with van der Waals surface area (Å²) in [4.78, 5) is 70.7. The number of amides is 2. The van der Waals surface area contributed by atoms with Gasteiger partial charge in [0.25, 0.3) is 5.91 Å². The first-order valence-electron chi connectivity index (χ1n) is 9.48. The fraction of sp³-hybridized carbons (Fsp3) is 0.579. The van der Waals surface area contributed by atoms with Crippen molar-refractivity contribution in [2.45, 2.75) is 39.2 Å². The van der Waals surface area contributed by atoms with Crippen molar-refractivity contribution in [3.8, 4) is 0 Å². The van der Waals surface area contributed by atoms with Crippen LogP contribution in [0.4, 0.5) is 0 Å². The molecule has 172 valence electrons. The predicted molar refractivity (Wildman–Crippen MR) is 109 cm³/mol. The minimum Gasteiger partial charge on any atom is -0.481 e. The molecular weight excluding hydrogens is 432 g/mol. The van der Waals surface area contributed by atoms with Gasteiger partial charge < -0.3 is 25.2 Å². The summed E-state index contributed by atoms with van der Waals surface area (Å²) in [6, 6.07) is 0. The van der Waals surface area contributed by atoms with Crippen LogP contribution >= 0.6 is 11.8 Å². The second-order valence-electron chi connectivity index (χ2n) is 7.25. The Labute approximate surface area is 183 Å². The number of hydrogen-bond acceptors (Lipinski definition) is 9. The third kappa shape index (κ3) is 10.6. The van der Waals surface area contributed by atoms with Gasteiger partial charge in [-0.15, -0.1) is 0 Å². The normalized spacial score (nSPS) is 22.3. The Balaban J connectivity index is 2.98. The molecule has 1 rings (SSSR count). The maximum absolute atomic E-state index is 12.6. The van der Waals surface area contributed by atoms with Crippen LogP contribution < -0.4 is 10.6 Å². The molecule has 0 aromatic heterocycles. The van der Waals surface area contributed by atoms with E-state index in [4.69, 9.17) is 14.6 Å². The third-order valence-corrected chi connectivity index (χ3v) is 4.83. The number of ether oxygens (including phenoxy) is 2. The molecule has 0 aromatic rings. The van der Waals surface area contributed by atoms with E-state index in [-0.39, 0.29) is 32.0 Å². The van der Waals surface area contributed by atoms with Gasteiger partial charge in [-0.1, -0.05) is 25.6 Å². The zero-order valence-electron chi connectivity index (χ0n) is 17.3. The molecule has 1 aliphatic rings. The summed E-state index contributed by atoms with van der Waals surface area (Å²) in [6.45, 7) is 2.87. The van der Waals surface area contributed by atoms with Crippen LogP contribution in [0.2, 0.25) is 0 Å². The lowest BCUT2D eigenvalue weighted by molar-refractivity contribution is -0.168. The van der Waals surface area contributed by atoms with Crippen molar-refractivity contribution in [2.75, 3.05) is 25.4 Å². The van der Waals surface area contributed by atoms with Crippen molar-refractivity contribution in [2.24, 2.45) is 5.41 Å². The number of esters is 2. The lowest BCUT2D eigenvalue weighted by Crippen LogP contribution is -2.49. The Kier molecular flexibility index (Phi) is 10.7. The molecule has 31 heavy (non-hydrogen) atoms. The average Bonchev–Trinajstić information content (AvgIpc) is 2.69. The third-order valence-electron chi connectivity index (χ3n) is 4.00. The van der Waals surface area contributed by atoms with Gasteiger partial charge in [0.1, 0.15) is 6.61 Å². The maximum Gasteiger partial charge on any atom is 0.330 e. The Hall–Kier alpha value is -2.89. The first kappa shape index (κ1) is 26.1. The van der Waals surface area contributed by atoms with E-state index in [1.54, 1.807) is 0 Å². The van der Waals surface area contributed by atoms with Gasteiger partial charge in [-0.2, -0.15) is 0 Å². The molecule has 1 atom stereocenters. The minimum atomic E-state index is -1.42. The number of carboxylic acids is 1. The zero-order valence-corrected chi connectivity index (χ0v) is 18.1. The number of carbonyl (C=O) groups excluding carboxylic acids is 5. The number of nitrogens with one attached hydrogen (secondary N) is 2. The molecular formula is C19H26N2O9S. The molecule has 1 heterocycles. The van der Waals surface area contributed by atoms with Gasteiger partial charge in [0.15, 0.2) is 6.10 Å². The van der Waals surface area contributed by atoms with Gasteiger partial charge >= 0.3 is 17.9 Å². The summed E-state index contributed by atoms with van der Waals surface area (Å²) in [5.41, 5.74) is -1.19. The van der Waals surface area contributed by atoms with Gasteiger partial charge in [-0.25, -0.2) is 4.79 Å². The highest BCUT2D eigenvalue weighted by Gasteiger charge is 2.39. The van der Waals surface area contributed by atoms with Crippen LogP contribution in [-0.2, 0) is 38.2 Å². The fourth-order valence-electron chi connectivity index (χ4n) is 2.35. The smallest absolute Gasteiger partial charge is 0.330 e. The summed E-state index contributed by atoms with van der Waals surface area (Å²) >= 11 is 0.917. The van der Waals surface area contributed by atoms with Gasteiger partial charge in [0.05, 0.1) is 12.8 Å². The topological polar surface area (TPSA) is 165 Å². The molecule has 0 radical (unpaired) electrons. The highest BCUT2D eigenvalue weighted by atomic mass is 32.2. The van der Waals surface area contributed by atoms with E-state index >= 15 is 0 Å².